The number of hydrogen-bond acceptors (Lipinski definition) is 5. The smallest absolute Gasteiger partial charge is 0.146 e. The van der Waals surface area contributed by atoms with Crippen LogP contribution >= 0.6 is 23.1 Å². The summed E-state index contributed by atoms with van der Waals surface area (Å²) in [7, 11) is 0. The second-order valence-electron chi connectivity index (χ2n) is 7.09. The van der Waals surface area contributed by atoms with Crippen molar-refractivity contribution in [1.82, 2.24) is 4.98 Å². The summed E-state index contributed by atoms with van der Waals surface area (Å²) in [5.41, 5.74) is 2.69. The molecule has 3 nitrogen and oxygen atoms in total. The van der Waals surface area contributed by atoms with Crippen LogP contribution in [0, 0.1) is 17.2 Å². The molecular weight excluding hydrogens is 348 g/mol. The Labute approximate surface area is 156 Å². The summed E-state index contributed by atoms with van der Waals surface area (Å²) in [6, 6.07) is 8.53. The molecule has 0 spiro atoms. The van der Waals surface area contributed by atoms with Gasteiger partial charge in [0.25, 0.3) is 0 Å². The molecule has 2 heterocycles. The maximum absolute atomic E-state index is 12.4. The standard InChI is InChI=1S/C20H20N2OS2/c1-12-4-7-17(23)19(9-12)25-20-15(11-21)14(18-3-2-8-24-18)10-16(22-20)13-5-6-13/h2-3,8,10,12-13,19H,4-7,9H2,1H3/t12-,19+/m1/s1. The van der Waals surface area contributed by atoms with Crippen molar-refractivity contribution in [3.63, 3.8) is 0 Å². The zero-order valence-corrected chi connectivity index (χ0v) is 15.8. The first kappa shape index (κ1) is 16.8. The van der Waals surface area contributed by atoms with Crippen LogP contribution in [0.25, 0.3) is 10.4 Å². The van der Waals surface area contributed by atoms with Crippen molar-refractivity contribution in [1.29, 1.82) is 5.26 Å². The van der Waals surface area contributed by atoms with Crippen molar-refractivity contribution in [2.75, 3.05) is 0 Å². The highest BCUT2D eigenvalue weighted by Crippen LogP contribution is 2.44. The van der Waals surface area contributed by atoms with E-state index in [1.807, 2.05) is 11.4 Å². The molecule has 25 heavy (non-hydrogen) atoms. The summed E-state index contributed by atoms with van der Waals surface area (Å²) >= 11 is 3.17. The number of nitrogens with zero attached hydrogens (tertiary/aromatic N) is 2. The zero-order valence-electron chi connectivity index (χ0n) is 14.2. The number of rotatable bonds is 4. The average molecular weight is 369 g/mol. The SMILES string of the molecule is C[C@@H]1CCC(=O)[C@@H](Sc2nc(C3CC3)cc(-c3cccs3)c2C#N)C1. The third-order valence-corrected chi connectivity index (χ3v) is 7.17. The summed E-state index contributed by atoms with van der Waals surface area (Å²) in [4.78, 5) is 18.3. The van der Waals surface area contributed by atoms with Crippen molar-refractivity contribution in [2.45, 2.75) is 55.2 Å². The van der Waals surface area contributed by atoms with Gasteiger partial charge < -0.3 is 0 Å². The van der Waals surface area contributed by atoms with Gasteiger partial charge in [-0.3, -0.25) is 4.79 Å². The van der Waals surface area contributed by atoms with Crippen LogP contribution in [0.2, 0.25) is 0 Å². The molecule has 5 heteroatoms. The number of nitriles is 1. The second-order valence-corrected chi connectivity index (χ2v) is 9.23. The molecule has 2 aliphatic rings. The molecule has 2 aromatic heterocycles. The van der Waals surface area contributed by atoms with Gasteiger partial charge in [-0.25, -0.2) is 4.98 Å². The van der Waals surface area contributed by atoms with Crippen LogP contribution in [0.5, 0.6) is 0 Å². The first-order chi connectivity index (χ1) is 12.2. The lowest BCUT2D eigenvalue weighted by Crippen LogP contribution is -2.26. The Bertz CT molecular complexity index is 834. The molecule has 0 bridgehead atoms. The van der Waals surface area contributed by atoms with Crippen molar-refractivity contribution in [3.05, 3.63) is 34.8 Å². The Morgan fingerprint density at radius 3 is 2.88 bits per heavy atom. The summed E-state index contributed by atoms with van der Waals surface area (Å²) in [5.74, 6) is 1.39. The number of hydrogen-bond donors (Lipinski definition) is 0. The van der Waals surface area contributed by atoms with E-state index in [4.69, 9.17) is 4.98 Å². The average Bonchev–Trinajstić information content (AvgIpc) is 3.32. The molecule has 2 aliphatic carbocycles. The highest BCUT2D eigenvalue weighted by Gasteiger charge is 2.31. The molecule has 2 fully saturated rings. The lowest BCUT2D eigenvalue weighted by atomic mass is 9.90. The Kier molecular flexibility index (Phi) is 4.66. The van der Waals surface area contributed by atoms with Crippen LogP contribution in [0.4, 0.5) is 0 Å². The molecule has 2 saturated carbocycles. The molecule has 0 radical (unpaired) electrons. The van der Waals surface area contributed by atoms with E-state index in [1.165, 1.54) is 24.6 Å². The van der Waals surface area contributed by atoms with Crippen LogP contribution in [-0.2, 0) is 4.79 Å². The minimum Gasteiger partial charge on any atom is -0.298 e. The first-order valence-electron chi connectivity index (χ1n) is 8.84. The number of carbonyl (C=O) groups excluding carboxylic acids is 1. The van der Waals surface area contributed by atoms with Crippen LogP contribution < -0.4 is 0 Å². The van der Waals surface area contributed by atoms with Gasteiger partial charge in [0.2, 0.25) is 0 Å². The van der Waals surface area contributed by atoms with E-state index >= 15 is 0 Å². The molecule has 0 N–H and O–H groups in total. The number of pyridine rings is 1. The van der Waals surface area contributed by atoms with Crippen LogP contribution in [-0.4, -0.2) is 16.0 Å². The molecule has 0 aliphatic heterocycles. The van der Waals surface area contributed by atoms with E-state index in [2.05, 4.69) is 25.1 Å². The molecule has 0 unspecified atom stereocenters. The minimum atomic E-state index is -0.0611. The molecule has 0 aromatic carbocycles. The molecule has 2 aromatic rings. The third kappa shape index (κ3) is 3.51. The Morgan fingerprint density at radius 1 is 1.36 bits per heavy atom. The van der Waals surface area contributed by atoms with Gasteiger partial charge in [0.1, 0.15) is 16.9 Å². The van der Waals surface area contributed by atoms with Gasteiger partial charge in [-0.2, -0.15) is 5.26 Å². The fourth-order valence-corrected chi connectivity index (χ4v) is 5.49. The van der Waals surface area contributed by atoms with Crippen molar-refractivity contribution >= 4 is 28.9 Å². The van der Waals surface area contributed by atoms with Gasteiger partial charge in [0, 0.05) is 28.5 Å². The van der Waals surface area contributed by atoms with Crippen molar-refractivity contribution in [2.24, 2.45) is 5.92 Å². The van der Waals surface area contributed by atoms with E-state index < -0.39 is 0 Å². The van der Waals surface area contributed by atoms with E-state index in [1.54, 1.807) is 11.3 Å². The van der Waals surface area contributed by atoms with Crippen LogP contribution in [0.15, 0.2) is 28.6 Å². The second kappa shape index (κ2) is 6.93. The lowest BCUT2D eigenvalue weighted by Gasteiger charge is -2.25. The Hall–Kier alpha value is -1.64. The molecule has 4 rings (SSSR count). The predicted octanol–water partition coefficient (Wildman–Crippen LogP) is 5.41. The molecule has 0 saturated heterocycles. The van der Waals surface area contributed by atoms with Gasteiger partial charge in [-0.05, 0) is 49.1 Å². The number of ketones is 1. The molecule has 0 amide bonds. The van der Waals surface area contributed by atoms with Gasteiger partial charge in [-0.1, -0.05) is 24.8 Å². The van der Waals surface area contributed by atoms with Gasteiger partial charge in [0.15, 0.2) is 0 Å². The highest BCUT2D eigenvalue weighted by molar-refractivity contribution is 8.00. The fraction of sp³-hybridized carbons (Fsp3) is 0.450. The number of thioether (sulfide) groups is 1. The molecular formula is C20H20N2OS2. The van der Waals surface area contributed by atoms with Gasteiger partial charge >= 0.3 is 0 Å². The summed E-state index contributed by atoms with van der Waals surface area (Å²) in [6.45, 7) is 2.20. The Morgan fingerprint density at radius 2 is 2.20 bits per heavy atom. The van der Waals surface area contributed by atoms with Crippen LogP contribution in [0.1, 0.15) is 56.2 Å². The first-order valence-corrected chi connectivity index (χ1v) is 10.6. The zero-order chi connectivity index (χ0) is 17.4. The van der Waals surface area contributed by atoms with E-state index in [0.29, 0.717) is 29.6 Å². The number of thiophene rings is 1. The minimum absolute atomic E-state index is 0.0611. The van der Waals surface area contributed by atoms with Crippen LogP contribution in [0.3, 0.4) is 0 Å². The number of carbonyl (C=O) groups is 1. The van der Waals surface area contributed by atoms with E-state index in [-0.39, 0.29) is 5.25 Å². The lowest BCUT2D eigenvalue weighted by molar-refractivity contribution is -0.120. The van der Waals surface area contributed by atoms with E-state index in [9.17, 15) is 10.1 Å². The third-order valence-electron chi connectivity index (χ3n) is 5.01. The Balaban J connectivity index is 1.75. The quantitative estimate of drug-likeness (QED) is 0.724. The molecule has 2 atom stereocenters. The summed E-state index contributed by atoms with van der Waals surface area (Å²) < 4.78 is 0. The van der Waals surface area contributed by atoms with Crippen molar-refractivity contribution in [3.8, 4) is 16.5 Å². The maximum atomic E-state index is 12.4. The van der Waals surface area contributed by atoms with Gasteiger partial charge in [0.05, 0.1) is 10.8 Å². The highest BCUT2D eigenvalue weighted by atomic mass is 32.2. The fourth-order valence-electron chi connectivity index (χ4n) is 3.36. The van der Waals surface area contributed by atoms with Gasteiger partial charge in [-0.15, -0.1) is 11.3 Å². The largest absolute Gasteiger partial charge is 0.298 e. The van der Waals surface area contributed by atoms with E-state index in [0.717, 1.165) is 34.0 Å². The predicted molar refractivity (Wildman–Crippen MR) is 102 cm³/mol. The molecule has 128 valence electrons. The summed E-state index contributed by atoms with van der Waals surface area (Å²) in [6.07, 6.45) is 4.87. The topological polar surface area (TPSA) is 53.8 Å². The normalized spacial score (nSPS) is 23.4. The number of aromatic nitrogens is 1. The number of Topliss-reactive ketones (excluding diaryl/α,β-unsaturated/α-hetero) is 1. The maximum Gasteiger partial charge on any atom is 0.146 e. The van der Waals surface area contributed by atoms with Crippen molar-refractivity contribution < 1.29 is 4.79 Å². The monoisotopic (exact) mass is 368 g/mol. The summed E-state index contributed by atoms with van der Waals surface area (Å²) in [5, 5.41) is 12.5.